The van der Waals surface area contributed by atoms with Crippen molar-refractivity contribution in [2.75, 3.05) is 6.61 Å². The van der Waals surface area contributed by atoms with Crippen LogP contribution in [-0.4, -0.2) is 18.6 Å². The number of hydrogen-bond donors (Lipinski definition) is 1. The van der Waals surface area contributed by atoms with Gasteiger partial charge in [-0.3, -0.25) is 4.79 Å². The van der Waals surface area contributed by atoms with E-state index in [0.717, 1.165) is 19.3 Å². The van der Waals surface area contributed by atoms with Gasteiger partial charge in [-0.1, -0.05) is 46.0 Å². The van der Waals surface area contributed by atoms with E-state index in [1.807, 2.05) is 6.92 Å². The summed E-state index contributed by atoms with van der Waals surface area (Å²) in [6, 6.07) is -0.425. The molecule has 3 heteroatoms. The highest BCUT2D eigenvalue weighted by atomic mass is 16.5. The molecule has 0 bridgehead atoms. The minimum absolute atomic E-state index is 0.243. The van der Waals surface area contributed by atoms with E-state index < -0.39 is 6.04 Å². The first-order valence-corrected chi connectivity index (χ1v) is 6.14. The molecule has 0 aromatic rings. The van der Waals surface area contributed by atoms with Crippen LogP contribution in [0, 0.1) is 0 Å². The van der Waals surface area contributed by atoms with Crippen LogP contribution in [0.25, 0.3) is 0 Å². The summed E-state index contributed by atoms with van der Waals surface area (Å²) in [5.41, 5.74) is 5.62. The molecule has 0 aliphatic heterocycles. The predicted octanol–water partition coefficient (Wildman–Crippen LogP) is 2.63. The summed E-state index contributed by atoms with van der Waals surface area (Å²) in [4.78, 5) is 11.3. The van der Waals surface area contributed by atoms with Gasteiger partial charge in [0.05, 0.1) is 6.61 Å². The van der Waals surface area contributed by atoms with E-state index in [0.29, 0.717) is 13.0 Å². The topological polar surface area (TPSA) is 52.3 Å². The van der Waals surface area contributed by atoms with E-state index in [1.54, 1.807) is 0 Å². The van der Waals surface area contributed by atoms with Gasteiger partial charge in [-0.05, 0) is 12.8 Å². The van der Waals surface area contributed by atoms with E-state index in [-0.39, 0.29) is 5.97 Å². The highest BCUT2D eigenvalue weighted by Gasteiger charge is 2.12. The van der Waals surface area contributed by atoms with Gasteiger partial charge in [-0.2, -0.15) is 0 Å². The normalized spacial score (nSPS) is 12.5. The monoisotopic (exact) mass is 215 g/mol. The van der Waals surface area contributed by atoms with Gasteiger partial charge < -0.3 is 10.5 Å². The highest BCUT2D eigenvalue weighted by molar-refractivity contribution is 5.75. The molecule has 0 saturated carbocycles. The van der Waals surface area contributed by atoms with Crippen LogP contribution in [0.4, 0.5) is 0 Å². The van der Waals surface area contributed by atoms with E-state index in [2.05, 4.69) is 6.92 Å². The number of carbonyl (C=O) groups is 1. The Kier molecular flexibility index (Phi) is 9.59. The highest BCUT2D eigenvalue weighted by Crippen LogP contribution is 2.03. The molecule has 2 N–H and O–H groups in total. The Labute approximate surface area is 93.4 Å². The van der Waals surface area contributed by atoms with Crippen LogP contribution < -0.4 is 5.73 Å². The van der Waals surface area contributed by atoms with Crippen molar-refractivity contribution in [2.45, 2.75) is 64.8 Å². The maximum Gasteiger partial charge on any atom is 0.322 e. The summed E-state index contributed by atoms with van der Waals surface area (Å²) < 4.78 is 5.07. The van der Waals surface area contributed by atoms with Crippen molar-refractivity contribution >= 4 is 5.97 Å². The fourth-order valence-corrected chi connectivity index (χ4v) is 1.41. The number of ether oxygens (including phenoxy) is 1. The number of nitrogens with two attached hydrogens (primary N) is 1. The number of esters is 1. The second-order valence-electron chi connectivity index (χ2n) is 3.98. The van der Waals surface area contributed by atoms with E-state index in [1.165, 1.54) is 19.3 Å². The third kappa shape index (κ3) is 8.43. The van der Waals surface area contributed by atoms with Gasteiger partial charge in [0.25, 0.3) is 0 Å². The molecule has 0 aromatic heterocycles. The van der Waals surface area contributed by atoms with E-state index in [4.69, 9.17) is 10.5 Å². The fraction of sp³-hybridized carbons (Fsp3) is 0.917. The number of carbonyl (C=O) groups excluding carboxylic acids is 1. The van der Waals surface area contributed by atoms with Crippen molar-refractivity contribution in [3.63, 3.8) is 0 Å². The van der Waals surface area contributed by atoms with Crippen molar-refractivity contribution in [2.24, 2.45) is 5.73 Å². The maximum absolute atomic E-state index is 11.3. The molecule has 15 heavy (non-hydrogen) atoms. The van der Waals surface area contributed by atoms with Crippen molar-refractivity contribution in [1.82, 2.24) is 0 Å². The Bertz CT molecular complexity index is 160. The Balaban J connectivity index is 3.30. The van der Waals surface area contributed by atoms with Gasteiger partial charge in [0.15, 0.2) is 0 Å². The van der Waals surface area contributed by atoms with Crippen LogP contribution in [-0.2, 0) is 9.53 Å². The summed E-state index contributed by atoms with van der Waals surface area (Å²) in [5, 5.41) is 0. The summed E-state index contributed by atoms with van der Waals surface area (Å²) >= 11 is 0. The molecule has 0 radical (unpaired) electrons. The van der Waals surface area contributed by atoms with Gasteiger partial charge >= 0.3 is 5.97 Å². The first-order chi connectivity index (χ1) is 7.22. The molecule has 0 saturated heterocycles. The summed E-state index contributed by atoms with van der Waals surface area (Å²) in [6.07, 6.45) is 7.48. The van der Waals surface area contributed by atoms with Crippen LogP contribution in [0.1, 0.15) is 58.8 Å². The average Bonchev–Trinajstić information content (AvgIpc) is 2.23. The number of rotatable bonds is 9. The number of hydrogen-bond acceptors (Lipinski definition) is 3. The third-order valence-electron chi connectivity index (χ3n) is 2.39. The van der Waals surface area contributed by atoms with Gasteiger partial charge in [-0.25, -0.2) is 0 Å². The van der Waals surface area contributed by atoms with Crippen molar-refractivity contribution < 1.29 is 9.53 Å². The lowest BCUT2D eigenvalue weighted by molar-refractivity contribution is -0.145. The Morgan fingerprint density at radius 3 is 2.40 bits per heavy atom. The molecular weight excluding hydrogens is 190 g/mol. The number of unbranched alkanes of at least 4 members (excludes halogenated alkanes) is 4. The summed E-state index contributed by atoms with van der Waals surface area (Å²) in [6.45, 7) is 4.72. The average molecular weight is 215 g/mol. The molecule has 1 atom stereocenters. The van der Waals surface area contributed by atoms with Gasteiger partial charge in [0, 0.05) is 0 Å². The van der Waals surface area contributed by atoms with E-state index in [9.17, 15) is 4.79 Å². The molecule has 0 aliphatic carbocycles. The Morgan fingerprint density at radius 2 is 1.80 bits per heavy atom. The molecule has 90 valence electrons. The quantitative estimate of drug-likeness (QED) is 0.475. The molecule has 0 heterocycles. The van der Waals surface area contributed by atoms with Gasteiger partial charge in [0.1, 0.15) is 6.04 Å². The minimum Gasteiger partial charge on any atom is -0.465 e. The molecule has 0 amide bonds. The predicted molar refractivity (Wildman–Crippen MR) is 62.6 cm³/mol. The van der Waals surface area contributed by atoms with Gasteiger partial charge in [-0.15, -0.1) is 0 Å². The minimum atomic E-state index is -0.425. The van der Waals surface area contributed by atoms with Crippen molar-refractivity contribution in [3.05, 3.63) is 0 Å². The van der Waals surface area contributed by atoms with Crippen molar-refractivity contribution in [1.29, 1.82) is 0 Å². The van der Waals surface area contributed by atoms with Crippen molar-refractivity contribution in [3.8, 4) is 0 Å². The smallest absolute Gasteiger partial charge is 0.322 e. The van der Waals surface area contributed by atoms with Crippen LogP contribution in [0.5, 0.6) is 0 Å². The lowest BCUT2D eigenvalue weighted by Gasteiger charge is -2.10. The lowest BCUT2D eigenvalue weighted by atomic mass is 10.1. The zero-order chi connectivity index (χ0) is 11.5. The molecule has 0 fully saturated rings. The second-order valence-corrected chi connectivity index (χ2v) is 3.98. The zero-order valence-electron chi connectivity index (χ0n) is 10.1. The zero-order valence-corrected chi connectivity index (χ0v) is 10.1. The standard InChI is InChI=1S/C12H25NO2/c1-3-5-6-7-8-10-15-12(14)11(13)9-4-2/h11H,3-10,13H2,1-2H3/t11-/m1/s1. The summed E-state index contributed by atoms with van der Waals surface area (Å²) in [7, 11) is 0. The molecule has 0 aliphatic rings. The Hall–Kier alpha value is -0.570. The lowest BCUT2D eigenvalue weighted by Crippen LogP contribution is -2.32. The first kappa shape index (κ1) is 14.4. The first-order valence-electron chi connectivity index (χ1n) is 6.14. The van der Waals surface area contributed by atoms with Crippen LogP contribution in [0.15, 0.2) is 0 Å². The second kappa shape index (κ2) is 9.97. The Morgan fingerprint density at radius 1 is 1.13 bits per heavy atom. The molecule has 3 nitrogen and oxygen atoms in total. The van der Waals surface area contributed by atoms with Crippen LogP contribution in [0.3, 0.4) is 0 Å². The SMILES string of the molecule is CCCCCCCOC(=O)[C@H](N)CCC. The molecule has 0 aromatic carbocycles. The van der Waals surface area contributed by atoms with Crippen LogP contribution in [0.2, 0.25) is 0 Å². The van der Waals surface area contributed by atoms with E-state index >= 15 is 0 Å². The molecule has 0 rings (SSSR count). The molecular formula is C12H25NO2. The third-order valence-corrected chi connectivity index (χ3v) is 2.39. The van der Waals surface area contributed by atoms with Crippen LogP contribution >= 0.6 is 0 Å². The summed E-state index contributed by atoms with van der Waals surface area (Å²) in [5.74, 6) is -0.243. The molecule has 0 unspecified atom stereocenters. The molecule has 0 spiro atoms. The largest absolute Gasteiger partial charge is 0.465 e. The van der Waals surface area contributed by atoms with Gasteiger partial charge in [0.2, 0.25) is 0 Å². The fourth-order valence-electron chi connectivity index (χ4n) is 1.41. The maximum atomic E-state index is 11.3.